The minimum absolute atomic E-state index is 0.0717. The minimum atomic E-state index is -0.450. The smallest absolute Gasteiger partial charge is 0.338 e. The van der Waals surface area contributed by atoms with Gasteiger partial charge in [0.25, 0.3) is 0 Å². The van der Waals surface area contributed by atoms with Crippen LogP contribution >= 0.6 is 11.8 Å². The zero-order valence-corrected chi connectivity index (χ0v) is 15.8. The van der Waals surface area contributed by atoms with E-state index in [9.17, 15) is 9.59 Å². The number of benzene rings is 2. The van der Waals surface area contributed by atoms with Crippen molar-refractivity contribution in [3.05, 3.63) is 48.0 Å². The van der Waals surface area contributed by atoms with Crippen molar-refractivity contribution >= 4 is 29.3 Å². The van der Waals surface area contributed by atoms with E-state index in [4.69, 9.17) is 14.2 Å². The first kappa shape index (κ1) is 19.1. The Bertz CT molecular complexity index is 807. The van der Waals surface area contributed by atoms with Crippen LogP contribution < -0.4 is 14.8 Å². The Morgan fingerprint density at radius 3 is 2.44 bits per heavy atom. The van der Waals surface area contributed by atoms with Crippen LogP contribution in [0.25, 0.3) is 0 Å². The van der Waals surface area contributed by atoms with Crippen LogP contribution in [-0.2, 0) is 9.53 Å². The Labute approximate surface area is 162 Å². The maximum Gasteiger partial charge on any atom is 0.338 e. The first-order chi connectivity index (χ1) is 13.2. The number of fused-ring (bicyclic) bond motifs is 1. The molecule has 1 aliphatic heterocycles. The van der Waals surface area contributed by atoms with Gasteiger partial charge in [-0.1, -0.05) is 6.92 Å². The maximum atomic E-state index is 12.2. The molecule has 6 nitrogen and oxygen atoms in total. The minimum Gasteiger partial charge on any atom is -0.494 e. The zero-order chi connectivity index (χ0) is 19.1. The predicted octanol–water partition coefficient (Wildman–Crippen LogP) is 3.76. The largest absolute Gasteiger partial charge is 0.494 e. The number of hydrogen-bond acceptors (Lipinski definition) is 6. The van der Waals surface area contributed by atoms with Crippen LogP contribution in [0, 0.1) is 0 Å². The summed E-state index contributed by atoms with van der Waals surface area (Å²) < 4.78 is 16.3. The Morgan fingerprint density at radius 1 is 1.04 bits per heavy atom. The fourth-order valence-corrected chi connectivity index (χ4v) is 3.23. The van der Waals surface area contributed by atoms with Crippen LogP contribution in [0.15, 0.2) is 47.4 Å². The Balaban J connectivity index is 1.44. The van der Waals surface area contributed by atoms with Gasteiger partial charge in [0.2, 0.25) is 5.91 Å². The van der Waals surface area contributed by atoms with Crippen molar-refractivity contribution in [2.45, 2.75) is 18.2 Å². The molecule has 3 rings (SSSR count). The van der Waals surface area contributed by atoms with E-state index in [1.165, 1.54) is 11.8 Å². The highest BCUT2D eigenvalue weighted by Crippen LogP contribution is 2.32. The fraction of sp³-hybridized carbons (Fsp3) is 0.300. The third-order valence-corrected chi connectivity index (χ3v) is 4.80. The molecule has 2 aromatic carbocycles. The molecule has 0 bridgehead atoms. The van der Waals surface area contributed by atoms with Gasteiger partial charge in [0.05, 0.1) is 23.6 Å². The number of hydrogen-bond donors (Lipinski definition) is 1. The number of anilines is 1. The highest BCUT2D eigenvalue weighted by atomic mass is 32.2. The van der Waals surface area contributed by atoms with E-state index < -0.39 is 5.97 Å². The molecule has 0 saturated heterocycles. The van der Waals surface area contributed by atoms with Gasteiger partial charge in [-0.25, -0.2) is 4.79 Å². The fourth-order valence-electron chi connectivity index (χ4n) is 2.44. The summed E-state index contributed by atoms with van der Waals surface area (Å²) in [4.78, 5) is 24.6. The van der Waals surface area contributed by atoms with E-state index in [-0.39, 0.29) is 19.1 Å². The number of ether oxygens (including phenoxy) is 3. The third-order valence-electron chi connectivity index (χ3n) is 3.73. The van der Waals surface area contributed by atoms with E-state index in [0.29, 0.717) is 29.4 Å². The lowest BCUT2D eigenvalue weighted by Crippen LogP contribution is -2.19. The van der Waals surface area contributed by atoms with E-state index in [1.54, 1.807) is 12.1 Å². The molecule has 0 spiro atoms. The molecule has 1 aliphatic rings. The average Bonchev–Trinajstić information content (AvgIpc) is 2.69. The average molecular weight is 387 g/mol. The van der Waals surface area contributed by atoms with E-state index >= 15 is 0 Å². The topological polar surface area (TPSA) is 73.9 Å². The summed E-state index contributed by atoms with van der Waals surface area (Å²) in [7, 11) is 0. The monoisotopic (exact) mass is 387 g/mol. The third kappa shape index (κ3) is 5.40. The Hall–Kier alpha value is -2.67. The molecule has 7 heteroatoms. The lowest BCUT2D eigenvalue weighted by atomic mass is 10.2. The summed E-state index contributed by atoms with van der Waals surface area (Å²) in [5, 5.41) is 2.76. The summed E-state index contributed by atoms with van der Waals surface area (Å²) in [6.45, 7) is 3.11. The predicted molar refractivity (Wildman–Crippen MR) is 104 cm³/mol. The standard InChI is InChI=1S/C20H21NO5S/c1-2-9-24-15-4-6-16(7-5-15)25-10-11-26-20(23)14-3-8-18-17(12-14)21-19(22)13-27-18/h3-8,12H,2,9-11,13H2,1H3,(H,21,22). The van der Waals surface area contributed by atoms with E-state index in [1.807, 2.05) is 30.3 Å². The van der Waals surface area contributed by atoms with Crippen LogP contribution in [0.4, 0.5) is 5.69 Å². The molecule has 1 heterocycles. The zero-order valence-electron chi connectivity index (χ0n) is 15.0. The highest BCUT2D eigenvalue weighted by molar-refractivity contribution is 8.00. The molecule has 1 amide bonds. The van der Waals surface area contributed by atoms with Gasteiger partial charge in [0.15, 0.2) is 0 Å². The van der Waals surface area contributed by atoms with Crippen molar-refractivity contribution in [1.29, 1.82) is 0 Å². The number of thioether (sulfide) groups is 1. The first-order valence-corrected chi connectivity index (χ1v) is 9.74. The first-order valence-electron chi connectivity index (χ1n) is 8.75. The maximum absolute atomic E-state index is 12.2. The molecule has 0 atom stereocenters. The summed E-state index contributed by atoms with van der Waals surface area (Å²) in [6.07, 6.45) is 0.957. The van der Waals surface area contributed by atoms with Crippen molar-refractivity contribution in [1.82, 2.24) is 0 Å². The van der Waals surface area contributed by atoms with Crippen LogP contribution in [0.2, 0.25) is 0 Å². The summed E-state index contributed by atoms with van der Waals surface area (Å²) in [5.74, 6) is 1.35. The lowest BCUT2D eigenvalue weighted by Gasteiger charge is -2.16. The number of rotatable bonds is 8. The Morgan fingerprint density at radius 2 is 1.74 bits per heavy atom. The molecule has 0 saturated carbocycles. The number of carbonyl (C=O) groups excluding carboxylic acids is 2. The van der Waals surface area contributed by atoms with Gasteiger partial charge in [-0.3, -0.25) is 4.79 Å². The van der Waals surface area contributed by atoms with Gasteiger partial charge in [-0.05, 0) is 48.9 Å². The van der Waals surface area contributed by atoms with Crippen LogP contribution in [-0.4, -0.2) is 37.4 Å². The summed E-state index contributed by atoms with van der Waals surface area (Å²) >= 11 is 1.45. The molecular weight excluding hydrogens is 366 g/mol. The Kier molecular flexibility index (Phi) is 6.59. The molecule has 0 radical (unpaired) electrons. The highest BCUT2D eigenvalue weighted by Gasteiger charge is 2.17. The normalized spacial score (nSPS) is 12.7. The van der Waals surface area contributed by atoms with Gasteiger partial charge in [-0.15, -0.1) is 11.8 Å². The number of carbonyl (C=O) groups is 2. The second-order valence-corrected chi connectivity index (χ2v) is 6.87. The molecule has 27 heavy (non-hydrogen) atoms. The van der Waals surface area contributed by atoms with Crippen molar-refractivity contribution in [2.75, 3.05) is 30.9 Å². The molecule has 0 unspecified atom stereocenters. The second kappa shape index (κ2) is 9.32. The van der Waals surface area contributed by atoms with Gasteiger partial charge in [0.1, 0.15) is 24.7 Å². The number of nitrogens with one attached hydrogen (secondary N) is 1. The summed E-state index contributed by atoms with van der Waals surface area (Å²) in [5.41, 5.74) is 1.04. The van der Waals surface area contributed by atoms with E-state index in [0.717, 1.165) is 17.1 Å². The van der Waals surface area contributed by atoms with Crippen molar-refractivity contribution < 1.29 is 23.8 Å². The number of esters is 1. The molecule has 0 fully saturated rings. The lowest BCUT2D eigenvalue weighted by molar-refractivity contribution is -0.113. The van der Waals surface area contributed by atoms with Crippen molar-refractivity contribution in [3.63, 3.8) is 0 Å². The molecular formula is C20H21NO5S. The molecule has 142 valence electrons. The SMILES string of the molecule is CCCOc1ccc(OCCOC(=O)c2ccc3c(c2)NC(=O)CS3)cc1. The van der Waals surface area contributed by atoms with Crippen LogP contribution in [0.1, 0.15) is 23.7 Å². The summed E-state index contributed by atoms with van der Waals surface area (Å²) in [6, 6.07) is 12.5. The quantitative estimate of drug-likeness (QED) is 0.549. The molecule has 2 aromatic rings. The molecule has 0 aromatic heterocycles. The van der Waals surface area contributed by atoms with Crippen molar-refractivity contribution in [3.8, 4) is 11.5 Å². The van der Waals surface area contributed by atoms with Gasteiger partial charge < -0.3 is 19.5 Å². The molecule has 1 N–H and O–H groups in total. The van der Waals surface area contributed by atoms with Gasteiger partial charge in [0, 0.05) is 4.90 Å². The van der Waals surface area contributed by atoms with Gasteiger partial charge in [-0.2, -0.15) is 0 Å². The molecule has 0 aliphatic carbocycles. The van der Waals surface area contributed by atoms with Crippen molar-refractivity contribution in [2.24, 2.45) is 0 Å². The van der Waals surface area contributed by atoms with Gasteiger partial charge >= 0.3 is 5.97 Å². The van der Waals surface area contributed by atoms with E-state index in [2.05, 4.69) is 12.2 Å². The van der Waals surface area contributed by atoms with Crippen LogP contribution in [0.3, 0.4) is 0 Å². The van der Waals surface area contributed by atoms with Crippen LogP contribution in [0.5, 0.6) is 11.5 Å². The second-order valence-electron chi connectivity index (χ2n) is 5.85. The number of amides is 1.